The van der Waals surface area contributed by atoms with Gasteiger partial charge in [-0.3, -0.25) is 9.59 Å². The van der Waals surface area contributed by atoms with Gasteiger partial charge in [-0.25, -0.2) is 4.79 Å². The molecule has 1 atom stereocenters. The molecule has 0 amide bonds. The zero-order chi connectivity index (χ0) is 24.9. The molecule has 0 spiro atoms. The van der Waals surface area contributed by atoms with Gasteiger partial charge in [-0.2, -0.15) is 0 Å². The Hall–Kier alpha value is -4.39. The zero-order valence-electron chi connectivity index (χ0n) is 19.7. The van der Waals surface area contributed by atoms with Gasteiger partial charge >= 0.3 is 11.9 Å². The molecule has 1 aliphatic rings. The lowest BCUT2D eigenvalue weighted by Crippen LogP contribution is -2.24. The van der Waals surface area contributed by atoms with Crippen molar-refractivity contribution in [1.29, 1.82) is 0 Å². The highest BCUT2D eigenvalue weighted by Gasteiger charge is 2.37. The summed E-state index contributed by atoms with van der Waals surface area (Å²) >= 11 is 0. The zero-order valence-corrected chi connectivity index (χ0v) is 19.7. The lowest BCUT2D eigenvalue weighted by molar-refractivity contribution is -0.139. The summed E-state index contributed by atoms with van der Waals surface area (Å²) in [6.07, 6.45) is -0.878. The molecule has 1 unspecified atom stereocenters. The molecule has 4 rings (SSSR count). The standard InChI is InChI=1S/C28H25NO6/c1-17-9-7-10-18(2)25(17)35-28(32)21-14-8-13-20(15-21)23-24(31)26(19-11-5-4-6-12-19)34-27(23)29-16-22(30)33-3/h4-15,26,29H,16H2,1-3H3. The molecule has 0 bridgehead atoms. The summed E-state index contributed by atoms with van der Waals surface area (Å²) in [6, 6.07) is 21.3. The summed E-state index contributed by atoms with van der Waals surface area (Å²) in [4.78, 5) is 38.1. The summed E-state index contributed by atoms with van der Waals surface area (Å²) in [5, 5.41) is 2.86. The molecule has 1 heterocycles. The predicted molar refractivity (Wildman–Crippen MR) is 130 cm³/mol. The number of rotatable bonds is 7. The average molecular weight is 472 g/mol. The van der Waals surface area contributed by atoms with Gasteiger partial charge in [0.1, 0.15) is 12.3 Å². The number of aryl methyl sites for hydroxylation is 2. The number of hydrogen-bond donors (Lipinski definition) is 1. The highest BCUT2D eigenvalue weighted by atomic mass is 16.5. The van der Waals surface area contributed by atoms with Gasteiger partial charge in [0.05, 0.1) is 18.2 Å². The smallest absolute Gasteiger partial charge is 0.343 e. The number of hydrogen-bond acceptors (Lipinski definition) is 7. The van der Waals surface area contributed by atoms with Crippen LogP contribution < -0.4 is 10.1 Å². The van der Waals surface area contributed by atoms with E-state index in [0.29, 0.717) is 16.9 Å². The van der Waals surface area contributed by atoms with Gasteiger partial charge in [-0.05, 0) is 42.7 Å². The molecule has 3 aromatic carbocycles. The summed E-state index contributed by atoms with van der Waals surface area (Å²) in [7, 11) is 1.28. The van der Waals surface area contributed by atoms with Crippen LogP contribution in [-0.4, -0.2) is 31.4 Å². The molecular weight excluding hydrogens is 446 g/mol. The van der Waals surface area contributed by atoms with Gasteiger partial charge in [-0.1, -0.05) is 60.7 Å². The molecule has 7 heteroatoms. The molecule has 0 aromatic heterocycles. The minimum atomic E-state index is -0.878. The average Bonchev–Trinajstić information content (AvgIpc) is 3.21. The van der Waals surface area contributed by atoms with Gasteiger partial charge in [-0.15, -0.1) is 0 Å². The fourth-order valence-electron chi connectivity index (χ4n) is 3.86. The van der Waals surface area contributed by atoms with E-state index in [-0.39, 0.29) is 29.3 Å². The van der Waals surface area contributed by atoms with Crippen molar-refractivity contribution in [2.45, 2.75) is 20.0 Å². The first-order valence-electron chi connectivity index (χ1n) is 11.1. The summed E-state index contributed by atoms with van der Waals surface area (Å²) in [5.41, 5.74) is 3.35. The number of Topliss-reactive ketones (excluding diaryl/α,β-unsaturated/α-hetero) is 1. The molecular formula is C28H25NO6. The third-order valence-corrected chi connectivity index (χ3v) is 5.66. The van der Waals surface area contributed by atoms with Crippen LogP contribution in [0.5, 0.6) is 5.75 Å². The van der Waals surface area contributed by atoms with Crippen LogP contribution in [0.1, 0.15) is 38.7 Å². The molecule has 1 N–H and O–H groups in total. The fourth-order valence-corrected chi connectivity index (χ4v) is 3.86. The number of ether oxygens (including phenoxy) is 3. The molecule has 7 nitrogen and oxygen atoms in total. The molecule has 3 aromatic rings. The van der Waals surface area contributed by atoms with Gasteiger partial charge in [0, 0.05) is 5.56 Å². The van der Waals surface area contributed by atoms with Gasteiger partial charge in [0.2, 0.25) is 5.78 Å². The Morgan fingerprint density at radius 3 is 2.31 bits per heavy atom. The normalized spacial score (nSPS) is 14.9. The Kier molecular flexibility index (Phi) is 6.96. The minimum absolute atomic E-state index is 0.148. The summed E-state index contributed by atoms with van der Waals surface area (Å²) in [5.74, 6) is -0.688. The van der Waals surface area contributed by atoms with E-state index in [0.717, 1.165) is 11.1 Å². The molecule has 0 fully saturated rings. The van der Waals surface area contributed by atoms with Crippen LogP contribution in [0.2, 0.25) is 0 Å². The van der Waals surface area contributed by atoms with Gasteiger partial charge in [0.15, 0.2) is 12.0 Å². The van der Waals surface area contributed by atoms with E-state index in [2.05, 4.69) is 5.32 Å². The topological polar surface area (TPSA) is 90.9 Å². The lowest BCUT2D eigenvalue weighted by atomic mass is 9.96. The maximum absolute atomic E-state index is 13.4. The Labute approximate surface area is 203 Å². The second kappa shape index (κ2) is 10.3. The monoisotopic (exact) mass is 471 g/mol. The highest BCUT2D eigenvalue weighted by molar-refractivity contribution is 6.25. The van der Waals surface area contributed by atoms with Crippen LogP contribution >= 0.6 is 0 Å². The number of esters is 2. The molecule has 178 valence electrons. The van der Waals surface area contributed by atoms with Crippen molar-refractivity contribution in [1.82, 2.24) is 5.32 Å². The number of carbonyl (C=O) groups excluding carboxylic acids is 3. The van der Waals surface area contributed by atoms with Gasteiger partial charge < -0.3 is 19.5 Å². The second-order valence-electron chi connectivity index (χ2n) is 8.10. The quantitative estimate of drug-likeness (QED) is 0.406. The van der Waals surface area contributed by atoms with E-state index in [9.17, 15) is 14.4 Å². The number of nitrogens with one attached hydrogen (secondary N) is 1. The van der Waals surface area contributed by atoms with Crippen LogP contribution in [0.15, 0.2) is 78.7 Å². The molecule has 35 heavy (non-hydrogen) atoms. The minimum Gasteiger partial charge on any atom is -0.468 e. The van der Waals surface area contributed by atoms with E-state index in [4.69, 9.17) is 14.2 Å². The number of para-hydroxylation sites is 1. The number of ketones is 1. The lowest BCUT2D eigenvalue weighted by Gasteiger charge is -2.12. The Bertz CT molecular complexity index is 1290. The molecule has 0 saturated carbocycles. The number of methoxy groups -OCH3 is 1. The number of carbonyl (C=O) groups is 3. The van der Waals surface area contributed by atoms with Crippen molar-refractivity contribution in [2.75, 3.05) is 13.7 Å². The third-order valence-electron chi connectivity index (χ3n) is 5.66. The van der Waals surface area contributed by atoms with Crippen LogP contribution in [0, 0.1) is 13.8 Å². The first-order valence-corrected chi connectivity index (χ1v) is 11.1. The van der Waals surface area contributed by atoms with Crippen LogP contribution in [0.4, 0.5) is 0 Å². The Morgan fingerprint density at radius 1 is 0.943 bits per heavy atom. The predicted octanol–water partition coefficient (Wildman–Crippen LogP) is 4.29. The largest absolute Gasteiger partial charge is 0.468 e. The van der Waals surface area contributed by atoms with E-state index >= 15 is 0 Å². The molecule has 0 saturated heterocycles. The third kappa shape index (κ3) is 5.09. The maximum Gasteiger partial charge on any atom is 0.343 e. The van der Waals surface area contributed by atoms with E-state index < -0.39 is 18.0 Å². The maximum atomic E-state index is 13.4. The van der Waals surface area contributed by atoms with Crippen molar-refractivity contribution in [2.24, 2.45) is 0 Å². The van der Waals surface area contributed by atoms with Crippen LogP contribution in [0.3, 0.4) is 0 Å². The van der Waals surface area contributed by atoms with Crippen LogP contribution in [-0.2, 0) is 19.1 Å². The van der Waals surface area contributed by atoms with E-state index in [1.807, 2.05) is 50.2 Å². The highest BCUT2D eigenvalue weighted by Crippen LogP contribution is 2.37. The van der Waals surface area contributed by atoms with Crippen molar-refractivity contribution < 1.29 is 28.6 Å². The second-order valence-corrected chi connectivity index (χ2v) is 8.10. The van der Waals surface area contributed by atoms with Crippen molar-refractivity contribution in [3.63, 3.8) is 0 Å². The number of benzene rings is 3. The molecule has 1 aliphatic heterocycles. The molecule has 0 radical (unpaired) electrons. The summed E-state index contributed by atoms with van der Waals surface area (Å²) in [6.45, 7) is 3.56. The molecule has 0 aliphatic carbocycles. The first kappa shape index (κ1) is 23.8. The van der Waals surface area contributed by atoms with Crippen molar-refractivity contribution >= 4 is 23.3 Å². The summed E-state index contributed by atoms with van der Waals surface area (Å²) < 4.78 is 16.3. The van der Waals surface area contributed by atoms with E-state index in [1.54, 1.807) is 36.4 Å². The first-order chi connectivity index (χ1) is 16.9. The fraction of sp³-hybridized carbons (Fsp3) is 0.179. The Balaban J connectivity index is 1.67. The Morgan fingerprint density at radius 2 is 1.63 bits per heavy atom. The van der Waals surface area contributed by atoms with Crippen molar-refractivity contribution in [3.8, 4) is 5.75 Å². The van der Waals surface area contributed by atoms with Gasteiger partial charge in [0.25, 0.3) is 0 Å². The van der Waals surface area contributed by atoms with Crippen molar-refractivity contribution in [3.05, 3.63) is 106 Å². The van der Waals surface area contributed by atoms with Crippen LogP contribution in [0.25, 0.3) is 5.57 Å². The van der Waals surface area contributed by atoms with E-state index in [1.165, 1.54) is 7.11 Å². The SMILES string of the molecule is COC(=O)CNC1=C(c2cccc(C(=O)Oc3c(C)cccc3C)c2)C(=O)C(c2ccccc2)O1.